The number of rotatable bonds is 8. The van der Waals surface area contributed by atoms with E-state index in [9.17, 15) is 9.59 Å². The zero-order chi connectivity index (χ0) is 16.7. The van der Waals surface area contributed by atoms with Crippen LogP contribution < -0.4 is 10.1 Å². The van der Waals surface area contributed by atoms with Gasteiger partial charge in [-0.1, -0.05) is 27.2 Å². The van der Waals surface area contributed by atoms with Crippen LogP contribution in [-0.2, 0) is 9.59 Å². The van der Waals surface area contributed by atoms with Gasteiger partial charge in [0.2, 0.25) is 5.91 Å². The predicted molar refractivity (Wildman–Crippen MR) is 86.2 cm³/mol. The van der Waals surface area contributed by atoms with E-state index in [0.717, 1.165) is 24.1 Å². The fourth-order valence-electron chi connectivity index (χ4n) is 2.31. The highest BCUT2D eigenvalue weighted by Crippen LogP contribution is 2.24. The van der Waals surface area contributed by atoms with Crippen molar-refractivity contribution in [1.29, 1.82) is 0 Å². The van der Waals surface area contributed by atoms with Gasteiger partial charge < -0.3 is 15.2 Å². The molecule has 5 nitrogen and oxygen atoms in total. The molecule has 2 N–H and O–H groups in total. The minimum atomic E-state index is -1.02. The number of carbonyl (C=O) groups excluding carboxylic acids is 1. The van der Waals surface area contributed by atoms with Gasteiger partial charge in [0.25, 0.3) is 0 Å². The molecule has 0 saturated heterocycles. The Morgan fingerprint density at radius 3 is 2.50 bits per heavy atom. The molecule has 0 aromatic heterocycles. The maximum absolute atomic E-state index is 12.4. The third kappa shape index (κ3) is 5.39. The maximum atomic E-state index is 12.4. The van der Waals surface area contributed by atoms with Crippen LogP contribution in [0, 0.1) is 18.8 Å². The summed E-state index contributed by atoms with van der Waals surface area (Å²) in [5.74, 6) is -0.230. The molecule has 22 heavy (non-hydrogen) atoms. The molecular weight excluding hydrogens is 282 g/mol. The van der Waals surface area contributed by atoms with E-state index in [1.807, 2.05) is 6.92 Å². The number of aryl methyl sites for hydroxylation is 1. The summed E-state index contributed by atoms with van der Waals surface area (Å²) in [6.07, 6.45) is 1.83. The highest BCUT2D eigenvalue weighted by Gasteiger charge is 2.21. The molecule has 1 amide bonds. The minimum absolute atomic E-state index is 0.00710. The van der Waals surface area contributed by atoms with E-state index in [-0.39, 0.29) is 18.4 Å². The molecule has 0 fully saturated rings. The Kier molecular flexibility index (Phi) is 6.89. The van der Waals surface area contributed by atoms with Crippen LogP contribution in [0.25, 0.3) is 0 Å². The maximum Gasteiger partial charge on any atom is 0.341 e. The van der Waals surface area contributed by atoms with Gasteiger partial charge in [-0.05, 0) is 43.0 Å². The monoisotopic (exact) mass is 307 g/mol. The van der Waals surface area contributed by atoms with Crippen LogP contribution in [0.5, 0.6) is 5.75 Å². The predicted octanol–water partition coefficient (Wildman–Crippen LogP) is 3.47. The number of amides is 1. The normalized spacial score (nSPS) is 12.0. The summed E-state index contributed by atoms with van der Waals surface area (Å²) in [6, 6.07) is 5.13. The molecule has 0 heterocycles. The molecule has 0 bridgehead atoms. The van der Waals surface area contributed by atoms with Gasteiger partial charge in [0, 0.05) is 11.6 Å². The number of hydrogen-bond donors (Lipinski definition) is 2. The number of nitrogens with one attached hydrogen (secondary N) is 1. The zero-order valence-corrected chi connectivity index (χ0v) is 13.7. The number of hydrogen-bond acceptors (Lipinski definition) is 3. The SMILES string of the molecule is CCCC(C(=O)Nc1ccc(OCC(=O)O)cc1C)C(C)C. The molecule has 5 heteroatoms. The Bertz CT molecular complexity index is 525. The van der Waals surface area contributed by atoms with Crippen molar-refractivity contribution in [3.8, 4) is 5.75 Å². The number of benzene rings is 1. The summed E-state index contributed by atoms with van der Waals surface area (Å²) in [6.45, 7) is 7.65. The molecule has 0 aliphatic heterocycles. The molecule has 1 aromatic rings. The zero-order valence-electron chi connectivity index (χ0n) is 13.7. The largest absolute Gasteiger partial charge is 0.482 e. The lowest BCUT2D eigenvalue weighted by molar-refractivity contribution is -0.139. The fourth-order valence-corrected chi connectivity index (χ4v) is 2.31. The third-order valence-corrected chi connectivity index (χ3v) is 3.56. The first-order chi connectivity index (χ1) is 10.3. The van der Waals surface area contributed by atoms with Gasteiger partial charge in [0.05, 0.1) is 0 Å². The van der Waals surface area contributed by atoms with Crippen LogP contribution >= 0.6 is 0 Å². The Morgan fingerprint density at radius 1 is 1.32 bits per heavy atom. The molecule has 0 spiro atoms. The molecule has 0 saturated carbocycles. The molecule has 122 valence electrons. The Labute approximate surface area is 131 Å². The van der Waals surface area contributed by atoms with Crippen molar-refractivity contribution < 1.29 is 19.4 Å². The number of carbonyl (C=O) groups is 2. The lowest BCUT2D eigenvalue weighted by Crippen LogP contribution is -2.27. The van der Waals surface area contributed by atoms with Crippen molar-refractivity contribution >= 4 is 17.6 Å². The first-order valence-corrected chi connectivity index (χ1v) is 7.61. The summed E-state index contributed by atoms with van der Waals surface area (Å²) >= 11 is 0. The van der Waals surface area contributed by atoms with E-state index in [2.05, 4.69) is 26.1 Å². The second kappa shape index (κ2) is 8.41. The van der Waals surface area contributed by atoms with E-state index >= 15 is 0 Å². The summed E-state index contributed by atoms with van der Waals surface area (Å²) in [7, 11) is 0. The van der Waals surface area contributed by atoms with Gasteiger partial charge in [-0.15, -0.1) is 0 Å². The van der Waals surface area contributed by atoms with Crippen LogP contribution in [0.15, 0.2) is 18.2 Å². The summed E-state index contributed by atoms with van der Waals surface area (Å²) < 4.78 is 5.12. The van der Waals surface area contributed by atoms with E-state index in [0.29, 0.717) is 11.7 Å². The lowest BCUT2D eigenvalue weighted by atomic mass is 9.90. The topological polar surface area (TPSA) is 75.6 Å². The van der Waals surface area contributed by atoms with Gasteiger partial charge in [-0.3, -0.25) is 4.79 Å². The third-order valence-electron chi connectivity index (χ3n) is 3.56. The molecule has 0 aliphatic carbocycles. The average Bonchev–Trinajstić information content (AvgIpc) is 2.44. The number of carboxylic acids is 1. The Morgan fingerprint density at radius 2 is 2.00 bits per heavy atom. The second-order valence-electron chi connectivity index (χ2n) is 5.79. The molecule has 1 aromatic carbocycles. The molecule has 1 atom stereocenters. The van der Waals surface area contributed by atoms with Crippen molar-refractivity contribution in [1.82, 2.24) is 0 Å². The fraction of sp³-hybridized carbons (Fsp3) is 0.529. The van der Waals surface area contributed by atoms with Crippen LogP contribution in [0.4, 0.5) is 5.69 Å². The summed E-state index contributed by atoms with van der Waals surface area (Å²) in [5.41, 5.74) is 1.57. The molecule has 1 rings (SSSR count). The van der Waals surface area contributed by atoms with Crippen molar-refractivity contribution in [2.45, 2.75) is 40.5 Å². The highest BCUT2D eigenvalue weighted by molar-refractivity contribution is 5.93. The van der Waals surface area contributed by atoms with Crippen molar-refractivity contribution in [3.05, 3.63) is 23.8 Å². The summed E-state index contributed by atoms with van der Waals surface area (Å²) in [5, 5.41) is 11.6. The number of anilines is 1. The van der Waals surface area contributed by atoms with Gasteiger partial charge in [0.1, 0.15) is 5.75 Å². The van der Waals surface area contributed by atoms with Crippen LogP contribution in [0.2, 0.25) is 0 Å². The highest BCUT2D eigenvalue weighted by atomic mass is 16.5. The first kappa shape index (κ1) is 18.0. The smallest absolute Gasteiger partial charge is 0.341 e. The minimum Gasteiger partial charge on any atom is -0.482 e. The average molecular weight is 307 g/mol. The van der Waals surface area contributed by atoms with Crippen LogP contribution in [0.3, 0.4) is 0 Å². The lowest BCUT2D eigenvalue weighted by Gasteiger charge is -2.20. The molecular formula is C17H25NO4. The standard InChI is InChI=1S/C17H25NO4/c1-5-6-14(11(2)3)17(21)18-15-8-7-13(9-12(15)4)22-10-16(19)20/h7-9,11,14H,5-6,10H2,1-4H3,(H,18,21)(H,19,20). The van der Waals surface area contributed by atoms with Crippen molar-refractivity contribution in [2.24, 2.45) is 11.8 Å². The number of aliphatic carboxylic acids is 1. The van der Waals surface area contributed by atoms with Crippen LogP contribution in [0.1, 0.15) is 39.2 Å². The van der Waals surface area contributed by atoms with Gasteiger partial charge in [-0.25, -0.2) is 4.79 Å². The Balaban J connectivity index is 2.76. The van der Waals surface area contributed by atoms with Crippen molar-refractivity contribution in [3.63, 3.8) is 0 Å². The van der Waals surface area contributed by atoms with Gasteiger partial charge in [0.15, 0.2) is 6.61 Å². The number of carboxylic acid groups (broad SMARTS) is 1. The molecule has 0 aliphatic rings. The van der Waals surface area contributed by atoms with E-state index in [4.69, 9.17) is 9.84 Å². The summed E-state index contributed by atoms with van der Waals surface area (Å²) in [4.78, 5) is 22.9. The number of ether oxygens (including phenoxy) is 1. The second-order valence-corrected chi connectivity index (χ2v) is 5.79. The van der Waals surface area contributed by atoms with E-state index < -0.39 is 5.97 Å². The molecule has 0 radical (unpaired) electrons. The van der Waals surface area contributed by atoms with E-state index in [1.54, 1.807) is 18.2 Å². The van der Waals surface area contributed by atoms with Gasteiger partial charge in [-0.2, -0.15) is 0 Å². The molecule has 1 unspecified atom stereocenters. The van der Waals surface area contributed by atoms with Gasteiger partial charge >= 0.3 is 5.97 Å². The van der Waals surface area contributed by atoms with Crippen molar-refractivity contribution in [2.75, 3.05) is 11.9 Å². The first-order valence-electron chi connectivity index (χ1n) is 7.61. The Hall–Kier alpha value is -2.04. The van der Waals surface area contributed by atoms with Crippen LogP contribution in [-0.4, -0.2) is 23.6 Å². The quantitative estimate of drug-likeness (QED) is 0.771. The van der Waals surface area contributed by atoms with E-state index in [1.165, 1.54) is 0 Å².